The van der Waals surface area contributed by atoms with Crippen molar-refractivity contribution in [1.29, 1.82) is 0 Å². The second-order valence-corrected chi connectivity index (χ2v) is 7.44. The molecular weight excluding hydrogens is 362 g/mol. The van der Waals surface area contributed by atoms with Gasteiger partial charge < -0.3 is 19.5 Å². The van der Waals surface area contributed by atoms with E-state index in [1.54, 1.807) is 0 Å². The Bertz CT molecular complexity index is 1020. The second-order valence-electron chi connectivity index (χ2n) is 7.44. The van der Waals surface area contributed by atoms with Crippen molar-refractivity contribution in [2.24, 2.45) is 0 Å². The van der Waals surface area contributed by atoms with Gasteiger partial charge in [0, 0.05) is 25.0 Å². The summed E-state index contributed by atoms with van der Waals surface area (Å²) in [6.07, 6.45) is 2.09. The number of amides is 2. The SMILES string of the molecule is CCOc1ccccc1NC(=O)N1CCn2cccc2C1c1ccc(C)cc1C. The van der Waals surface area contributed by atoms with E-state index in [1.807, 2.05) is 36.1 Å². The number of aromatic nitrogens is 1. The summed E-state index contributed by atoms with van der Waals surface area (Å²) in [6.45, 7) is 8.12. The highest BCUT2D eigenvalue weighted by Crippen LogP contribution is 2.35. The van der Waals surface area contributed by atoms with Crippen LogP contribution in [0, 0.1) is 13.8 Å². The third-order valence-electron chi connectivity index (χ3n) is 5.45. The molecule has 1 aromatic heterocycles. The Morgan fingerprint density at radius 2 is 1.93 bits per heavy atom. The molecular formula is C24H27N3O2. The molecule has 1 N–H and O–H groups in total. The summed E-state index contributed by atoms with van der Waals surface area (Å²) in [4.78, 5) is 15.3. The molecule has 0 radical (unpaired) electrons. The van der Waals surface area contributed by atoms with Crippen LogP contribution >= 0.6 is 0 Å². The second kappa shape index (κ2) is 8.03. The minimum atomic E-state index is -0.126. The molecule has 150 valence electrons. The molecule has 0 saturated heterocycles. The van der Waals surface area contributed by atoms with Crippen molar-refractivity contribution < 1.29 is 9.53 Å². The third-order valence-corrected chi connectivity index (χ3v) is 5.45. The summed E-state index contributed by atoms with van der Waals surface area (Å²) in [5, 5.41) is 3.07. The highest BCUT2D eigenvalue weighted by Gasteiger charge is 2.33. The molecule has 2 heterocycles. The molecule has 2 amide bonds. The van der Waals surface area contributed by atoms with Gasteiger partial charge in [-0.05, 0) is 56.2 Å². The minimum Gasteiger partial charge on any atom is -0.492 e. The van der Waals surface area contributed by atoms with E-state index in [0.717, 1.165) is 17.8 Å². The lowest BCUT2D eigenvalue weighted by Gasteiger charge is -2.38. The number of hydrogen-bond donors (Lipinski definition) is 1. The number of urea groups is 1. The molecule has 0 fully saturated rings. The van der Waals surface area contributed by atoms with E-state index < -0.39 is 0 Å². The van der Waals surface area contributed by atoms with Gasteiger partial charge in [-0.3, -0.25) is 0 Å². The summed E-state index contributed by atoms with van der Waals surface area (Å²) < 4.78 is 7.91. The van der Waals surface area contributed by atoms with Crippen LogP contribution in [0.25, 0.3) is 0 Å². The summed E-state index contributed by atoms with van der Waals surface area (Å²) in [5.41, 5.74) is 5.40. The summed E-state index contributed by atoms with van der Waals surface area (Å²) in [6, 6.07) is 17.9. The first-order chi connectivity index (χ1) is 14.1. The summed E-state index contributed by atoms with van der Waals surface area (Å²) in [5.74, 6) is 0.687. The molecule has 5 heteroatoms. The van der Waals surface area contributed by atoms with Crippen molar-refractivity contribution in [2.75, 3.05) is 18.5 Å². The number of benzene rings is 2. The molecule has 0 aliphatic carbocycles. The van der Waals surface area contributed by atoms with Gasteiger partial charge in [-0.1, -0.05) is 35.9 Å². The van der Waals surface area contributed by atoms with Gasteiger partial charge in [0.25, 0.3) is 0 Å². The van der Waals surface area contributed by atoms with Gasteiger partial charge in [0.15, 0.2) is 0 Å². The Morgan fingerprint density at radius 3 is 2.72 bits per heavy atom. The van der Waals surface area contributed by atoms with Crippen LogP contribution in [0.15, 0.2) is 60.8 Å². The normalized spacial score (nSPS) is 15.7. The van der Waals surface area contributed by atoms with Crippen LogP contribution in [0.1, 0.15) is 35.3 Å². The van der Waals surface area contributed by atoms with E-state index in [-0.39, 0.29) is 12.1 Å². The quantitative estimate of drug-likeness (QED) is 0.671. The van der Waals surface area contributed by atoms with Crippen molar-refractivity contribution >= 4 is 11.7 Å². The lowest BCUT2D eigenvalue weighted by Crippen LogP contribution is -2.44. The van der Waals surface area contributed by atoms with Gasteiger partial charge in [0.1, 0.15) is 5.75 Å². The van der Waals surface area contributed by atoms with Crippen molar-refractivity contribution in [2.45, 2.75) is 33.4 Å². The number of ether oxygens (including phenoxy) is 1. The predicted molar refractivity (Wildman–Crippen MR) is 116 cm³/mol. The number of nitrogens with one attached hydrogen (secondary N) is 1. The van der Waals surface area contributed by atoms with E-state index in [2.05, 4.69) is 60.3 Å². The molecule has 29 heavy (non-hydrogen) atoms. The average Bonchev–Trinajstić information content (AvgIpc) is 3.18. The fraction of sp³-hybridized carbons (Fsp3) is 0.292. The molecule has 0 saturated carbocycles. The predicted octanol–water partition coefficient (Wildman–Crippen LogP) is 5.14. The van der Waals surface area contributed by atoms with Crippen LogP contribution < -0.4 is 10.1 Å². The Balaban J connectivity index is 1.69. The highest BCUT2D eigenvalue weighted by molar-refractivity contribution is 5.91. The standard InChI is InChI=1S/C24H27N3O2/c1-4-29-22-10-6-5-8-20(22)25-24(28)27-15-14-26-13-7-9-21(26)23(27)19-12-11-17(2)16-18(19)3/h5-13,16,23H,4,14-15H2,1-3H3,(H,25,28). The van der Waals surface area contributed by atoms with Crippen molar-refractivity contribution in [3.8, 4) is 5.75 Å². The molecule has 1 unspecified atom stereocenters. The Morgan fingerprint density at radius 1 is 1.10 bits per heavy atom. The Hall–Kier alpha value is -3.21. The van der Waals surface area contributed by atoms with Crippen molar-refractivity contribution in [1.82, 2.24) is 9.47 Å². The average molecular weight is 389 g/mol. The van der Waals surface area contributed by atoms with Crippen LogP contribution in [-0.2, 0) is 6.54 Å². The Labute approximate surface area is 171 Å². The van der Waals surface area contributed by atoms with Crippen molar-refractivity contribution in [3.05, 3.63) is 83.2 Å². The maximum Gasteiger partial charge on any atom is 0.322 e. The van der Waals surface area contributed by atoms with E-state index in [4.69, 9.17) is 4.74 Å². The molecule has 5 nitrogen and oxygen atoms in total. The zero-order chi connectivity index (χ0) is 20.4. The maximum absolute atomic E-state index is 13.4. The van der Waals surface area contributed by atoms with Gasteiger partial charge in [0.2, 0.25) is 0 Å². The number of rotatable bonds is 4. The molecule has 0 spiro atoms. The fourth-order valence-electron chi connectivity index (χ4n) is 4.10. The molecule has 4 rings (SSSR count). The van der Waals surface area contributed by atoms with Crippen LogP contribution in [0.3, 0.4) is 0 Å². The van der Waals surface area contributed by atoms with Crippen LogP contribution in [0.5, 0.6) is 5.75 Å². The monoisotopic (exact) mass is 389 g/mol. The minimum absolute atomic E-state index is 0.116. The molecule has 1 atom stereocenters. The largest absolute Gasteiger partial charge is 0.492 e. The first-order valence-corrected chi connectivity index (χ1v) is 10.1. The van der Waals surface area contributed by atoms with Crippen LogP contribution in [-0.4, -0.2) is 28.6 Å². The van der Waals surface area contributed by atoms with Gasteiger partial charge in [-0.25, -0.2) is 4.79 Å². The van der Waals surface area contributed by atoms with E-state index in [1.165, 1.54) is 11.1 Å². The molecule has 3 aromatic rings. The zero-order valence-electron chi connectivity index (χ0n) is 17.2. The number of nitrogens with zero attached hydrogens (tertiary/aromatic N) is 2. The smallest absolute Gasteiger partial charge is 0.322 e. The lowest BCUT2D eigenvalue weighted by atomic mass is 9.94. The molecule has 2 aromatic carbocycles. The number of anilines is 1. The third kappa shape index (κ3) is 3.73. The highest BCUT2D eigenvalue weighted by atomic mass is 16.5. The maximum atomic E-state index is 13.4. The molecule has 0 bridgehead atoms. The van der Waals surface area contributed by atoms with Gasteiger partial charge in [-0.2, -0.15) is 0 Å². The zero-order valence-corrected chi connectivity index (χ0v) is 17.2. The van der Waals surface area contributed by atoms with Crippen LogP contribution in [0.4, 0.5) is 10.5 Å². The first kappa shape index (κ1) is 19.1. The van der Waals surface area contributed by atoms with E-state index in [9.17, 15) is 4.79 Å². The Kier molecular flexibility index (Phi) is 5.30. The van der Waals surface area contributed by atoms with Gasteiger partial charge >= 0.3 is 6.03 Å². The topological polar surface area (TPSA) is 46.5 Å². The number of aryl methyl sites for hydroxylation is 2. The number of fused-ring (bicyclic) bond motifs is 1. The van der Waals surface area contributed by atoms with E-state index in [0.29, 0.717) is 24.6 Å². The number of carbonyl (C=O) groups excluding carboxylic acids is 1. The van der Waals surface area contributed by atoms with Gasteiger partial charge in [0.05, 0.1) is 18.3 Å². The van der Waals surface area contributed by atoms with Crippen molar-refractivity contribution in [3.63, 3.8) is 0 Å². The number of para-hydroxylation sites is 2. The fourth-order valence-corrected chi connectivity index (χ4v) is 4.10. The van der Waals surface area contributed by atoms with E-state index >= 15 is 0 Å². The molecule has 1 aliphatic heterocycles. The summed E-state index contributed by atoms with van der Waals surface area (Å²) >= 11 is 0. The summed E-state index contributed by atoms with van der Waals surface area (Å²) in [7, 11) is 0. The lowest BCUT2D eigenvalue weighted by molar-refractivity contribution is 0.181. The first-order valence-electron chi connectivity index (χ1n) is 10.1. The number of hydrogen-bond acceptors (Lipinski definition) is 2. The van der Waals surface area contributed by atoms with Crippen LogP contribution in [0.2, 0.25) is 0 Å². The number of carbonyl (C=O) groups is 1. The van der Waals surface area contributed by atoms with Gasteiger partial charge in [-0.15, -0.1) is 0 Å². The molecule has 1 aliphatic rings.